The van der Waals surface area contributed by atoms with Crippen LogP contribution in [0.1, 0.15) is 62.2 Å². The van der Waals surface area contributed by atoms with E-state index in [0.717, 1.165) is 38.5 Å². The summed E-state index contributed by atoms with van der Waals surface area (Å²) in [6.45, 7) is 1.11. The number of esters is 1. The van der Waals surface area contributed by atoms with Crippen molar-refractivity contribution in [2.24, 2.45) is 11.7 Å². The van der Waals surface area contributed by atoms with Gasteiger partial charge in [-0.3, -0.25) is 14.8 Å². The first-order valence-corrected chi connectivity index (χ1v) is 12.2. The molecule has 3 N–H and O–H groups in total. The number of nitrogens with zero attached hydrogens (tertiary/aromatic N) is 3. The molecule has 4 atom stereocenters. The molecule has 2 heterocycles. The van der Waals surface area contributed by atoms with E-state index in [1.165, 1.54) is 0 Å². The Morgan fingerprint density at radius 3 is 2.50 bits per heavy atom. The minimum atomic E-state index is -1.68. The molecule has 1 aliphatic carbocycles. The van der Waals surface area contributed by atoms with Gasteiger partial charge in [-0.15, -0.1) is 0 Å². The van der Waals surface area contributed by atoms with Gasteiger partial charge in [0.2, 0.25) is 6.04 Å². The van der Waals surface area contributed by atoms with Gasteiger partial charge < -0.3 is 20.1 Å². The lowest BCUT2D eigenvalue weighted by Crippen LogP contribution is -2.59. The van der Waals surface area contributed by atoms with Crippen LogP contribution in [0.3, 0.4) is 0 Å². The second kappa shape index (κ2) is 10.2. The molecule has 8 nitrogen and oxygen atoms in total. The quantitative estimate of drug-likeness (QED) is 0.478. The Morgan fingerprint density at radius 2 is 1.85 bits per heavy atom. The zero-order valence-electron chi connectivity index (χ0n) is 19.8. The summed E-state index contributed by atoms with van der Waals surface area (Å²) >= 11 is 0. The minimum absolute atomic E-state index is 0.182. The molecule has 8 heteroatoms. The Morgan fingerprint density at radius 1 is 1.12 bits per heavy atom. The van der Waals surface area contributed by atoms with Crippen LogP contribution in [-0.2, 0) is 19.9 Å². The van der Waals surface area contributed by atoms with Gasteiger partial charge in [0.15, 0.2) is 11.7 Å². The Hall–Kier alpha value is -2.84. The minimum Gasteiger partial charge on any atom is -0.454 e. The van der Waals surface area contributed by atoms with Crippen LogP contribution in [0.25, 0.3) is 0 Å². The predicted octanol–water partition coefficient (Wildman–Crippen LogP) is 2.62. The zero-order valence-corrected chi connectivity index (χ0v) is 19.8. The molecule has 4 rings (SSSR count). The van der Waals surface area contributed by atoms with Crippen LogP contribution in [0.2, 0.25) is 0 Å². The smallest absolute Gasteiger partial charge is 0.343 e. The van der Waals surface area contributed by atoms with Crippen molar-refractivity contribution in [3.8, 4) is 0 Å². The number of likely N-dealkylation sites (tertiary alicyclic amines) is 1. The van der Waals surface area contributed by atoms with Crippen molar-refractivity contribution >= 4 is 11.9 Å². The maximum atomic E-state index is 13.6. The van der Waals surface area contributed by atoms with E-state index >= 15 is 0 Å². The third-order valence-corrected chi connectivity index (χ3v) is 7.57. The summed E-state index contributed by atoms with van der Waals surface area (Å²) in [5.41, 5.74) is 5.21. The third kappa shape index (κ3) is 4.83. The molecule has 1 aliphatic heterocycles. The number of aromatic nitrogens is 2. The lowest BCUT2D eigenvalue weighted by atomic mass is 9.73. The molecule has 1 aromatic carbocycles. The second-order valence-corrected chi connectivity index (χ2v) is 9.96. The molecule has 2 aliphatic rings. The van der Waals surface area contributed by atoms with Crippen molar-refractivity contribution in [2.75, 3.05) is 20.1 Å². The Balaban J connectivity index is 1.57. The van der Waals surface area contributed by atoms with Crippen molar-refractivity contribution in [2.45, 2.75) is 62.7 Å². The van der Waals surface area contributed by atoms with Crippen LogP contribution < -0.4 is 5.73 Å². The van der Waals surface area contributed by atoms with Gasteiger partial charge in [-0.05, 0) is 24.8 Å². The van der Waals surface area contributed by atoms with E-state index in [2.05, 4.69) is 9.97 Å². The molecule has 1 amide bonds. The number of quaternary nitrogens is 1. The lowest BCUT2D eigenvalue weighted by Gasteiger charge is -2.45. The van der Waals surface area contributed by atoms with Crippen molar-refractivity contribution < 1.29 is 23.9 Å². The average Bonchev–Trinajstić information content (AvgIpc) is 2.85. The molecule has 3 unspecified atom stereocenters. The Kier molecular flexibility index (Phi) is 7.28. The lowest BCUT2D eigenvalue weighted by molar-refractivity contribution is -0.937. The molecule has 0 radical (unpaired) electrons. The van der Waals surface area contributed by atoms with E-state index in [0.29, 0.717) is 30.8 Å². The normalized spacial score (nSPS) is 26.2. The summed E-state index contributed by atoms with van der Waals surface area (Å²) < 4.78 is 6.31. The standard InChI is InChI=1S/C26H34N4O4/c1-30(23(24(27)31)22-17-28-14-15-29-22)16-8-13-21(18-30)34-25(32)26(33,19-9-4-2-5-10-19)20-11-6-3-7-12-20/h2,4-5,9-10,14-15,17,20-21,23,33H,3,6-8,11-13,16,18H2,1H3,(H-,27,31)/p+1/t21-,23?,26?,30?/m1/s1. The molecule has 1 saturated carbocycles. The number of primary amides is 1. The molecule has 2 aromatic rings. The van der Waals surface area contributed by atoms with Crippen LogP contribution in [0.5, 0.6) is 0 Å². The molecule has 1 aromatic heterocycles. The number of aliphatic hydroxyl groups is 1. The first-order chi connectivity index (χ1) is 16.3. The molecule has 1 saturated heterocycles. The number of piperidine rings is 1. The number of rotatable bonds is 7. The maximum Gasteiger partial charge on any atom is 0.343 e. The van der Waals surface area contributed by atoms with Crippen molar-refractivity contribution in [3.63, 3.8) is 0 Å². The van der Waals surface area contributed by atoms with Crippen LogP contribution in [0.4, 0.5) is 0 Å². The van der Waals surface area contributed by atoms with E-state index in [9.17, 15) is 14.7 Å². The molecular formula is C26H35N4O4+. The predicted molar refractivity (Wildman–Crippen MR) is 126 cm³/mol. The summed E-state index contributed by atoms with van der Waals surface area (Å²) in [6.07, 6.45) is 10.3. The van der Waals surface area contributed by atoms with Crippen LogP contribution in [0, 0.1) is 5.92 Å². The highest BCUT2D eigenvalue weighted by molar-refractivity contribution is 5.82. The molecule has 182 valence electrons. The van der Waals surface area contributed by atoms with E-state index in [1.807, 2.05) is 25.2 Å². The van der Waals surface area contributed by atoms with Gasteiger partial charge >= 0.3 is 5.97 Å². The SMILES string of the molecule is C[N+]1(C(C(N)=O)c2cnccn2)CCC[C@@H](OC(=O)C(O)(c2ccccc2)C2CCCCC2)C1. The molecular weight excluding hydrogens is 432 g/mol. The number of hydrogen-bond donors (Lipinski definition) is 2. The fraction of sp³-hybridized carbons (Fsp3) is 0.538. The van der Waals surface area contributed by atoms with Crippen LogP contribution in [-0.4, -0.2) is 57.7 Å². The summed E-state index contributed by atoms with van der Waals surface area (Å²) in [5.74, 6) is -1.27. The Bertz CT molecular complexity index is 983. The Labute approximate surface area is 200 Å². The highest BCUT2D eigenvalue weighted by atomic mass is 16.6. The summed E-state index contributed by atoms with van der Waals surface area (Å²) in [6, 6.07) is 8.45. The van der Waals surface area contributed by atoms with Gasteiger partial charge in [0.1, 0.15) is 12.2 Å². The second-order valence-electron chi connectivity index (χ2n) is 9.96. The third-order valence-electron chi connectivity index (χ3n) is 7.57. The fourth-order valence-electron chi connectivity index (χ4n) is 5.86. The summed E-state index contributed by atoms with van der Waals surface area (Å²) in [4.78, 5) is 34.5. The number of hydrogen-bond acceptors (Lipinski definition) is 6. The molecule has 34 heavy (non-hydrogen) atoms. The van der Waals surface area contributed by atoms with Gasteiger partial charge in [0.25, 0.3) is 5.91 Å². The molecule has 2 fully saturated rings. The number of ether oxygens (including phenoxy) is 1. The van der Waals surface area contributed by atoms with Gasteiger partial charge in [0, 0.05) is 24.7 Å². The number of amides is 1. The number of benzene rings is 1. The average molecular weight is 468 g/mol. The fourth-order valence-corrected chi connectivity index (χ4v) is 5.86. The van der Waals surface area contributed by atoms with E-state index < -0.39 is 29.6 Å². The number of carbonyl (C=O) groups is 2. The maximum absolute atomic E-state index is 13.6. The van der Waals surface area contributed by atoms with Crippen molar-refractivity contribution in [3.05, 3.63) is 60.2 Å². The van der Waals surface area contributed by atoms with E-state index in [1.54, 1.807) is 30.7 Å². The topological polar surface area (TPSA) is 115 Å². The number of likely N-dealkylation sites (N-methyl/N-ethyl adjacent to an activating group) is 1. The van der Waals surface area contributed by atoms with Gasteiger partial charge in [-0.25, -0.2) is 4.79 Å². The van der Waals surface area contributed by atoms with E-state index in [4.69, 9.17) is 10.5 Å². The van der Waals surface area contributed by atoms with Crippen molar-refractivity contribution in [1.29, 1.82) is 0 Å². The van der Waals surface area contributed by atoms with Gasteiger partial charge in [0.05, 0.1) is 19.8 Å². The first-order valence-electron chi connectivity index (χ1n) is 12.2. The molecule has 0 spiro atoms. The summed E-state index contributed by atoms with van der Waals surface area (Å²) in [5, 5.41) is 11.8. The summed E-state index contributed by atoms with van der Waals surface area (Å²) in [7, 11) is 1.94. The van der Waals surface area contributed by atoms with Crippen LogP contribution >= 0.6 is 0 Å². The van der Waals surface area contributed by atoms with Crippen molar-refractivity contribution in [1.82, 2.24) is 9.97 Å². The number of carbonyl (C=O) groups excluding carboxylic acids is 2. The van der Waals surface area contributed by atoms with Gasteiger partial charge in [-0.1, -0.05) is 49.6 Å². The number of nitrogens with two attached hydrogens (primary N) is 1. The van der Waals surface area contributed by atoms with Crippen LogP contribution in [0.15, 0.2) is 48.9 Å². The largest absolute Gasteiger partial charge is 0.454 e. The highest BCUT2D eigenvalue weighted by Gasteiger charge is 2.50. The molecule has 0 bridgehead atoms. The first kappa shape index (κ1) is 24.3. The van der Waals surface area contributed by atoms with Gasteiger partial charge in [-0.2, -0.15) is 0 Å². The zero-order chi connectivity index (χ0) is 24.2. The monoisotopic (exact) mass is 467 g/mol. The highest BCUT2D eigenvalue weighted by Crippen LogP contribution is 2.41. The van der Waals surface area contributed by atoms with E-state index in [-0.39, 0.29) is 10.4 Å².